The van der Waals surface area contributed by atoms with Crippen LogP contribution in [0.5, 0.6) is 0 Å². The fraction of sp³-hybridized carbons (Fsp3) is 0.375. The van der Waals surface area contributed by atoms with E-state index in [1.165, 1.54) is 19.1 Å². The van der Waals surface area contributed by atoms with Crippen LogP contribution < -0.4 is 5.32 Å². The largest absolute Gasteiger partial charge is 0.453 e. The molecule has 10 heteroatoms. The van der Waals surface area contributed by atoms with E-state index in [2.05, 4.69) is 10.3 Å². The summed E-state index contributed by atoms with van der Waals surface area (Å²) in [6.07, 6.45) is -0.119. The van der Waals surface area contributed by atoms with E-state index in [9.17, 15) is 9.59 Å². The Labute approximate surface area is 195 Å². The van der Waals surface area contributed by atoms with E-state index >= 15 is 8.78 Å². The van der Waals surface area contributed by atoms with Gasteiger partial charge in [-0.05, 0) is 36.2 Å². The number of nitrogens with zero attached hydrogens (tertiary/aromatic N) is 3. The molecule has 34 heavy (non-hydrogen) atoms. The lowest BCUT2D eigenvalue weighted by molar-refractivity contribution is -0.0310. The molecule has 1 N–H and O–H groups in total. The molecule has 1 aliphatic rings. The van der Waals surface area contributed by atoms with Crippen molar-refractivity contribution in [3.05, 3.63) is 53.1 Å². The number of hydrogen-bond donors (Lipinski definition) is 1. The number of halogens is 2. The van der Waals surface area contributed by atoms with Crippen LogP contribution in [0, 0.1) is 11.6 Å². The zero-order valence-electron chi connectivity index (χ0n) is 19.2. The van der Waals surface area contributed by atoms with Crippen LogP contribution in [0.3, 0.4) is 0 Å². The van der Waals surface area contributed by atoms with E-state index in [0.717, 1.165) is 24.1 Å². The first-order valence-electron chi connectivity index (χ1n) is 11.0. The Kier molecular flexibility index (Phi) is 6.78. The molecule has 1 atom stereocenters. The lowest BCUT2D eigenvalue weighted by Crippen LogP contribution is -2.47. The van der Waals surface area contributed by atoms with E-state index in [4.69, 9.17) is 9.47 Å². The summed E-state index contributed by atoms with van der Waals surface area (Å²) >= 11 is 0. The van der Waals surface area contributed by atoms with Gasteiger partial charge in [0.05, 0.1) is 49.5 Å². The van der Waals surface area contributed by atoms with Crippen LogP contribution in [-0.2, 0) is 22.4 Å². The molecule has 0 bridgehead atoms. The molecule has 0 saturated carbocycles. The van der Waals surface area contributed by atoms with Crippen LogP contribution in [0.15, 0.2) is 30.3 Å². The Hall–Kier alpha value is -3.53. The number of nitrogens with one attached hydrogen (secondary N) is 1. The van der Waals surface area contributed by atoms with Gasteiger partial charge in [0.15, 0.2) is 0 Å². The molecule has 8 nitrogen and oxygen atoms in total. The van der Waals surface area contributed by atoms with Gasteiger partial charge in [-0.1, -0.05) is 13.0 Å². The van der Waals surface area contributed by atoms with Crippen molar-refractivity contribution in [1.82, 2.24) is 19.8 Å². The van der Waals surface area contributed by atoms with Crippen LogP contribution in [0.1, 0.15) is 22.8 Å². The van der Waals surface area contributed by atoms with Gasteiger partial charge < -0.3 is 24.3 Å². The molecule has 180 valence electrons. The van der Waals surface area contributed by atoms with Crippen molar-refractivity contribution < 1.29 is 27.8 Å². The van der Waals surface area contributed by atoms with E-state index in [1.807, 2.05) is 25.1 Å². The number of rotatable bonds is 5. The second kappa shape index (κ2) is 9.76. The molecule has 0 radical (unpaired) electrons. The maximum atomic E-state index is 15.2. The Morgan fingerprint density at radius 1 is 1.24 bits per heavy atom. The number of aromatic nitrogens is 2. The maximum Gasteiger partial charge on any atom is 0.409 e. The summed E-state index contributed by atoms with van der Waals surface area (Å²) in [7, 11) is 2.70. The van der Waals surface area contributed by atoms with Gasteiger partial charge in [0.1, 0.15) is 17.5 Å². The first-order chi connectivity index (χ1) is 16.4. The van der Waals surface area contributed by atoms with Gasteiger partial charge in [-0.2, -0.15) is 0 Å². The average Bonchev–Trinajstić information content (AvgIpc) is 3.19. The average molecular weight is 472 g/mol. The number of imidazole rings is 1. The van der Waals surface area contributed by atoms with Gasteiger partial charge in [0, 0.05) is 19.2 Å². The highest BCUT2D eigenvalue weighted by Crippen LogP contribution is 2.31. The predicted molar refractivity (Wildman–Crippen MR) is 122 cm³/mol. The standard InChI is InChI=1S/C24H26F2N4O4/c1-4-14-5-6-20-19(9-14)28-22(21-17(25)10-15(11-18(21)26)23(31)27-2)30(20)13-16-12-29(7-8-34-16)24(32)33-3/h5-6,9-11,16H,4,7-8,12-13H2,1-3H3,(H,27,31)/t16-/m1/s1. The number of fused-ring (bicyclic) bond motifs is 1. The molecular weight excluding hydrogens is 446 g/mol. The highest BCUT2D eigenvalue weighted by molar-refractivity contribution is 5.94. The third kappa shape index (κ3) is 4.45. The fourth-order valence-electron chi connectivity index (χ4n) is 4.16. The second-order valence-corrected chi connectivity index (χ2v) is 8.03. The number of morpholine rings is 1. The topological polar surface area (TPSA) is 85.7 Å². The number of aryl methyl sites for hydroxylation is 1. The first-order valence-corrected chi connectivity index (χ1v) is 11.0. The summed E-state index contributed by atoms with van der Waals surface area (Å²) in [5.41, 5.74) is 1.85. The Balaban J connectivity index is 1.80. The minimum atomic E-state index is -0.897. The quantitative estimate of drug-likeness (QED) is 0.616. The Morgan fingerprint density at radius 3 is 2.62 bits per heavy atom. The van der Waals surface area contributed by atoms with Crippen molar-refractivity contribution >= 4 is 23.0 Å². The van der Waals surface area contributed by atoms with Crippen molar-refractivity contribution in [2.75, 3.05) is 33.9 Å². The van der Waals surface area contributed by atoms with Crippen LogP contribution in [0.4, 0.5) is 13.6 Å². The zero-order valence-corrected chi connectivity index (χ0v) is 19.2. The van der Waals surface area contributed by atoms with Crippen molar-refractivity contribution in [3.8, 4) is 11.4 Å². The van der Waals surface area contributed by atoms with Crippen molar-refractivity contribution in [2.45, 2.75) is 26.0 Å². The highest BCUT2D eigenvalue weighted by atomic mass is 19.1. The highest BCUT2D eigenvalue weighted by Gasteiger charge is 2.28. The molecule has 2 amide bonds. The van der Waals surface area contributed by atoms with Gasteiger partial charge in [0.25, 0.3) is 5.91 Å². The first kappa shape index (κ1) is 23.6. The molecule has 1 saturated heterocycles. The van der Waals surface area contributed by atoms with E-state index in [0.29, 0.717) is 24.2 Å². The summed E-state index contributed by atoms with van der Waals surface area (Å²) in [5, 5.41) is 2.36. The lowest BCUT2D eigenvalue weighted by atomic mass is 10.1. The summed E-state index contributed by atoms with van der Waals surface area (Å²) < 4.78 is 42.7. The SMILES string of the molecule is CCc1ccc2c(c1)nc(-c1c(F)cc(C(=O)NC)cc1F)n2C[C@H]1CN(C(=O)OC)CCO1. The summed E-state index contributed by atoms with van der Waals surface area (Å²) in [6, 6.07) is 7.67. The molecule has 4 rings (SSSR count). The van der Waals surface area contributed by atoms with E-state index in [-0.39, 0.29) is 30.0 Å². The van der Waals surface area contributed by atoms with E-state index in [1.54, 1.807) is 4.57 Å². The summed E-state index contributed by atoms with van der Waals surface area (Å²) in [6.45, 7) is 3.18. The van der Waals surface area contributed by atoms with Gasteiger partial charge in [-0.3, -0.25) is 4.79 Å². The van der Waals surface area contributed by atoms with Crippen LogP contribution in [-0.4, -0.2) is 66.4 Å². The number of benzene rings is 2. The van der Waals surface area contributed by atoms with Crippen molar-refractivity contribution in [1.29, 1.82) is 0 Å². The van der Waals surface area contributed by atoms with Gasteiger partial charge >= 0.3 is 6.09 Å². The molecule has 1 aromatic heterocycles. The van der Waals surface area contributed by atoms with Crippen molar-refractivity contribution in [3.63, 3.8) is 0 Å². The summed E-state index contributed by atoms with van der Waals surface area (Å²) in [4.78, 5) is 30.0. The Morgan fingerprint density at radius 2 is 1.97 bits per heavy atom. The lowest BCUT2D eigenvalue weighted by Gasteiger charge is -2.32. The molecule has 2 heterocycles. The van der Waals surface area contributed by atoms with Crippen LogP contribution >= 0.6 is 0 Å². The molecule has 1 aliphatic heterocycles. The normalized spacial score (nSPS) is 16.0. The molecule has 0 unspecified atom stereocenters. The zero-order chi connectivity index (χ0) is 24.4. The summed E-state index contributed by atoms with van der Waals surface area (Å²) in [5.74, 6) is -2.30. The number of carbonyl (C=O) groups is 2. The van der Waals surface area contributed by atoms with Gasteiger partial charge in [-0.25, -0.2) is 18.6 Å². The number of carbonyl (C=O) groups excluding carboxylic acids is 2. The smallest absolute Gasteiger partial charge is 0.409 e. The number of ether oxygens (including phenoxy) is 2. The monoisotopic (exact) mass is 472 g/mol. The minimum absolute atomic E-state index is 0.0838. The number of hydrogen-bond acceptors (Lipinski definition) is 5. The molecule has 0 aliphatic carbocycles. The van der Waals surface area contributed by atoms with Crippen LogP contribution in [0.25, 0.3) is 22.4 Å². The maximum absolute atomic E-state index is 15.2. The van der Waals surface area contributed by atoms with E-state index < -0.39 is 29.7 Å². The van der Waals surface area contributed by atoms with Crippen LogP contribution in [0.2, 0.25) is 0 Å². The molecule has 2 aromatic carbocycles. The third-order valence-corrected chi connectivity index (χ3v) is 5.93. The van der Waals surface area contributed by atoms with Gasteiger partial charge in [0.2, 0.25) is 0 Å². The molecule has 3 aromatic rings. The second-order valence-electron chi connectivity index (χ2n) is 8.03. The number of amides is 2. The van der Waals surface area contributed by atoms with Gasteiger partial charge in [-0.15, -0.1) is 0 Å². The number of methoxy groups -OCH3 is 1. The molecule has 1 fully saturated rings. The molecule has 0 spiro atoms. The minimum Gasteiger partial charge on any atom is -0.453 e. The predicted octanol–water partition coefficient (Wildman–Crippen LogP) is 3.37. The third-order valence-electron chi connectivity index (χ3n) is 5.93. The van der Waals surface area contributed by atoms with Crippen molar-refractivity contribution in [2.24, 2.45) is 0 Å². The Bertz CT molecular complexity index is 1220. The molecular formula is C24H26F2N4O4. The fourth-order valence-corrected chi connectivity index (χ4v) is 4.16.